The summed E-state index contributed by atoms with van der Waals surface area (Å²) in [6, 6.07) is 2.13. The number of nitrogens with zero attached hydrogens (tertiary/aromatic N) is 1. The largest absolute Gasteiger partial charge is 0.356 e. The van der Waals surface area contributed by atoms with Crippen molar-refractivity contribution in [1.29, 1.82) is 0 Å². The zero-order valence-corrected chi connectivity index (χ0v) is 12.5. The van der Waals surface area contributed by atoms with Gasteiger partial charge in [0.05, 0.1) is 0 Å². The van der Waals surface area contributed by atoms with Gasteiger partial charge in [0.1, 0.15) is 0 Å². The first-order valence-electron chi connectivity index (χ1n) is 6.68. The third-order valence-electron chi connectivity index (χ3n) is 2.76. The van der Waals surface area contributed by atoms with Crippen LogP contribution in [-0.4, -0.2) is 19.6 Å². The van der Waals surface area contributed by atoms with E-state index in [0.29, 0.717) is 0 Å². The van der Waals surface area contributed by atoms with Crippen molar-refractivity contribution < 1.29 is 0 Å². The van der Waals surface area contributed by atoms with Gasteiger partial charge in [0.15, 0.2) is 5.96 Å². The molecule has 0 saturated carbocycles. The van der Waals surface area contributed by atoms with Crippen LogP contribution in [0, 0.1) is 5.92 Å². The van der Waals surface area contributed by atoms with E-state index in [4.69, 9.17) is 0 Å². The Hall–Kier alpha value is -1.03. The highest BCUT2D eigenvalue weighted by Crippen LogP contribution is 2.05. The summed E-state index contributed by atoms with van der Waals surface area (Å²) in [5.74, 6) is 1.70. The number of guanidine groups is 1. The summed E-state index contributed by atoms with van der Waals surface area (Å²) in [5, 5.41) is 10.9. The van der Waals surface area contributed by atoms with Crippen LogP contribution in [0.1, 0.15) is 38.7 Å². The number of aliphatic imine (C=N–C) groups is 1. The van der Waals surface area contributed by atoms with Gasteiger partial charge in [-0.05, 0) is 34.7 Å². The molecule has 0 saturated heterocycles. The maximum Gasteiger partial charge on any atom is 0.191 e. The summed E-state index contributed by atoms with van der Waals surface area (Å²) in [6.07, 6.45) is 3.80. The van der Waals surface area contributed by atoms with E-state index in [9.17, 15) is 0 Å². The van der Waals surface area contributed by atoms with Crippen molar-refractivity contribution in [3.05, 3.63) is 22.4 Å². The van der Waals surface area contributed by atoms with Crippen molar-refractivity contribution in [2.75, 3.05) is 13.6 Å². The van der Waals surface area contributed by atoms with Crippen molar-refractivity contribution in [3.8, 4) is 0 Å². The molecule has 0 bridgehead atoms. The van der Waals surface area contributed by atoms with Crippen LogP contribution in [0.25, 0.3) is 0 Å². The molecule has 0 aromatic carbocycles. The summed E-state index contributed by atoms with van der Waals surface area (Å²) in [7, 11) is 1.82. The van der Waals surface area contributed by atoms with E-state index >= 15 is 0 Å². The number of thiophene rings is 1. The zero-order valence-electron chi connectivity index (χ0n) is 11.7. The minimum absolute atomic E-state index is 0.807. The van der Waals surface area contributed by atoms with Crippen molar-refractivity contribution in [2.45, 2.75) is 39.7 Å². The van der Waals surface area contributed by atoms with Crippen LogP contribution in [0.5, 0.6) is 0 Å². The molecular formula is C14H25N3S. The summed E-state index contributed by atoms with van der Waals surface area (Å²) >= 11 is 1.73. The van der Waals surface area contributed by atoms with E-state index in [1.807, 2.05) is 7.05 Å². The van der Waals surface area contributed by atoms with E-state index in [1.54, 1.807) is 11.3 Å². The van der Waals surface area contributed by atoms with E-state index in [1.165, 1.54) is 24.8 Å². The smallest absolute Gasteiger partial charge is 0.191 e. The van der Waals surface area contributed by atoms with Gasteiger partial charge in [-0.1, -0.05) is 26.7 Å². The first-order valence-corrected chi connectivity index (χ1v) is 7.62. The maximum atomic E-state index is 4.22. The Kier molecular flexibility index (Phi) is 7.49. The number of hydrogen-bond acceptors (Lipinski definition) is 2. The van der Waals surface area contributed by atoms with Crippen LogP contribution in [0.4, 0.5) is 0 Å². The highest BCUT2D eigenvalue weighted by Gasteiger charge is 1.98. The average Bonchev–Trinajstić information content (AvgIpc) is 2.85. The van der Waals surface area contributed by atoms with Gasteiger partial charge in [0.25, 0.3) is 0 Å². The first-order chi connectivity index (χ1) is 8.72. The number of hydrogen-bond donors (Lipinski definition) is 2. The van der Waals surface area contributed by atoms with Crippen LogP contribution in [0.3, 0.4) is 0 Å². The number of unbranched alkanes of at least 4 members (excludes halogenated alkanes) is 1. The van der Waals surface area contributed by atoms with Crippen molar-refractivity contribution in [2.24, 2.45) is 10.9 Å². The highest BCUT2D eigenvalue weighted by molar-refractivity contribution is 7.07. The van der Waals surface area contributed by atoms with Crippen molar-refractivity contribution >= 4 is 17.3 Å². The van der Waals surface area contributed by atoms with Crippen LogP contribution in [-0.2, 0) is 6.54 Å². The lowest BCUT2D eigenvalue weighted by Gasteiger charge is -2.11. The predicted octanol–water partition coefficient (Wildman–Crippen LogP) is 3.24. The van der Waals surface area contributed by atoms with Crippen LogP contribution in [0.2, 0.25) is 0 Å². The van der Waals surface area contributed by atoms with Crippen LogP contribution >= 0.6 is 11.3 Å². The molecule has 0 aliphatic carbocycles. The molecule has 3 nitrogen and oxygen atoms in total. The molecule has 1 aromatic rings. The second-order valence-electron chi connectivity index (χ2n) is 4.87. The molecule has 1 aromatic heterocycles. The second kappa shape index (κ2) is 8.97. The lowest BCUT2D eigenvalue weighted by atomic mass is 10.1. The lowest BCUT2D eigenvalue weighted by molar-refractivity contribution is 0.534. The maximum absolute atomic E-state index is 4.22. The SMILES string of the molecule is CN=C(NCCCCC(C)C)NCc1ccsc1. The summed E-state index contributed by atoms with van der Waals surface area (Å²) in [5.41, 5.74) is 1.31. The van der Waals surface area contributed by atoms with E-state index in [-0.39, 0.29) is 0 Å². The number of rotatable bonds is 7. The Morgan fingerprint density at radius 2 is 2.17 bits per heavy atom. The zero-order chi connectivity index (χ0) is 13.2. The molecule has 0 spiro atoms. The van der Waals surface area contributed by atoms with E-state index in [0.717, 1.165) is 25.0 Å². The molecule has 0 atom stereocenters. The third kappa shape index (κ3) is 6.64. The molecule has 0 aliphatic heterocycles. The summed E-state index contributed by atoms with van der Waals surface area (Å²) in [4.78, 5) is 4.22. The fourth-order valence-corrected chi connectivity index (χ4v) is 2.35. The van der Waals surface area contributed by atoms with Gasteiger partial charge in [-0.25, -0.2) is 0 Å². The minimum atomic E-state index is 0.807. The van der Waals surface area contributed by atoms with Gasteiger partial charge in [0, 0.05) is 20.1 Å². The molecule has 0 amide bonds. The Labute approximate surface area is 115 Å². The highest BCUT2D eigenvalue weighted by atomic mass is 32.1. The molecule has 0 aliphatic rings. The Bertz CT molecular complexity index is 331. The fraction of sp³-hybridized carbons (Fsp3) is 0.643. The van der Waals surface area contributed by atoms with Gasteiger partial charge < -0.3 is 10.6 Å². The molecule has 0 unspecified atom stereocenters. The second-order valence-corrected chi connectivity index (χ2v) is 5.65. The molecule has 18 heavy (non-hydrogen) atoms. The Morgan fingerprint density at radius 1 is 1.33 bits per heavy atom. The molecule has 1 rings (SSSR count). The lowest BCUT2D eigenvalue weighted by Crippen LogP contribution is -2.37. The van der Waals surface area contributed by atoms with Gasteiger partial charge in [-0.3, -0.25) is 4.99 Å². The van der Waals surface area contributed by atoms with Crippen molar-refractivity contribution in [1.82, 2.24) is 10.6 Å². The first kappa shape index (κ1) is 15.0. The molecule has 1 heterocycles. The Balaban J connectivity index is 2.10. The molecule has 2 N–H and O–H groups in total. The number of nitrogens with one attached hydrogen (secondary N) is 2. The molecule has 0 fully saturated rings. The third-order valence-corrected chi connectivity index (χ3v) is 3.50. The van der Waals surface area contributed by atoms with E-state index < -0.39 is 0 Å². The monoisotopic (exact) mass is 267 g/mol. The fourth-order valence-electron chi connectivity index (χ4n) is 1.68. The minimum Gasteiger partial charge on any atom is -0.356 e. The molecule has 102 valence electrons. The molecular weight excluding hydrogens is 242 g/mol. The van der Waals surface area contributed by atoms with Crippen molar-refractivity contribution in [3.63, 3.8) is 0 Å². The summed E-state index contributed by atoms with van der Waals surface area (Å²) < 4.78 is 0. The van der Waals surface area contributed by atoms with Gasteiger partial charge in [0.2, 0.25) is 0 Å². The van der Waals surface area contributed by atoms with Crippen LogP contribution < -0.4 is 10.6 Å². The van der Waals surface area contributed by atoms with Gasteiger partial charge in [-0.2, -0.15) is 11.3 Å². The Morgan fingerprint density at radius 3 is 2.78 bits per heavy atom. The normalized spacial score (nSPS) is 11.9. The predicted molar refractivity (Wildman–Crippen MR) is 81.2 cm³/mol. The standard InChI is InChI=1S/C14H25N3S/c1-12(2)6-4-5-8-16-14(15-3)17-10-13-7-9-18-11-13/h7,9,11-12H,4-6,8,10H2,1-3H3,(H2,15,16,17). The van der Waals surface area contributed by atoms with Crippen LogP contribution in [0.15, 0.2) is 21.8 Å². The summed E-state index contributed by atoms with van der Waals surface area (Å²) in [6.45, 7) is 6.38. The average molecular weight is 267 g/mol. The molecule has 4 heteroatoms. The quantitative estimate of drug-likeness (QED) is 0.452. The van der Waals surface area contributed by atoms with E-state index in [2.05, 4.69) is 46.3 Å². The van der Waals surface area contributed by atoms with Gasteiger partial charge in [-0.15, -0.1) is 0 Å². The topological polar surface area (TPSA) is 36.4 Å². The molecule has 0 radical (unpaired) electrons. The van der Waals surface area contributed by atoms with Gasteiger partial charge >= 0.3 is 0 Å².